The Balaban J connectivity index is 1.72. The van der Waals surface area contributed by atoms with Crippen LogP contribution in [0.15, 0.2) is 71.7 Å². The van der Waals surface area contributed by atoms with Crippen LogP contribution in [0, 0.1) is 0 Å². The largest absolute Gasteiger partial charge is 0.337 e. The highest BCUT2D eigenvalue weighted by Gasteiger charge is 2.22. The second kappa shape index (κ2) is 8.89. The summed E-state index contributed by atoms with van der Waals surface area (Å²) >= 11 is 3.53. The number of rotatable bonds is 4. The zero-order chi connectivity index (χ0) is 20.2. The van der Waals surface area contributed by atoms with E-state index in [2.05, 4.69) is 27.4 Å². The Morgan fingerprint density at radius 2 is 1.93 bits per heavy atom. The maximum absolute atomic E-state index is 13.5. The van der Waals surface area contributed by atoms with Crippen molar-refractivity contribution in [3.05, 3.63) is 77.3 Å². The van der Waals surface area contributed by atoms with Gasteiger partial charge in [-0.1, -0.05) is 52.3 Å². The van der Waals surface area contributed by atoms with Crippen molar-refractivity contribution in [1.29, 1.82) is 0 Å². The quantitative estimate of drug-likeness (QED) is 0.525. The van der Waals surface area contributed by atoms with Gasteiger partial charge in [-0.3, -0.25) is 9.69 Å². The van der Waals surface area contributed by atoms with Gasteiger partial charge in [0.1, 0.15) is 0 Å². The lowest BCUT2D eigenvalue weighted by Gasteiger charge is -2.22. The van der Waals surface area contributed by atoms with Crippen LogP contribution in [0.1, 0.15) is 16.8 Å². The lowest BCUT2D eigenvalue weighted by molar-refractivity contribution is 0.0764. The molecular weight excluding hydrogens is 426 g/mol. The highest BCUT2D eigenvalue weighted by atomic mass is 79.9. The van der Waals surface area contributed by atoms with Gasteiger partial charge in [-0.05, 0) is 30.7 Å². The first-order valence-corrected chi connectivity index (χ1v) is 10.7. The third-order valence-corrected chi connectivity index (χ3v) is 5.82. The first-order chi connectivity index (χ1) is 14.2. The molecular formula is C24H24BrN3O. The molecule has 0 aliphatic carbocycles. The number of benzene rings is 2. The summed E-state index contributed by atoms with van der Waals surface area (Å²) in [5.74, 6) is 0.0836. The van der Waals surface area contributed by atoms with Crippen molar-refractivity contribution in [3.63, 3.8) is 0 Å². The fourth-order valence-corrected chi connectivity index (χ4v) is 4.26. The molecule has 0 atom stereocenters. The van der Waals surface area contributed by atoms with E-state index in [1.807, 2.05) is 65.6 Å². The van der Waals surface area contributed by atoms with E-state index in [0.29, 0.717) is 0 Å². The highest BCUT2D eigenvalue weighted by Crippen LogP contribution is 2.27. The van der Waals surface area contributed by atoms with Crippen LogP contribution >= 0.6 is 15.9 Å². The molecule has 29 heavy (non-hydrogen) atoms. The van der Waals surface area contributed by atoms with Gasteiger partial charge in [0, 0.05) is 48.1 Å². The predicted molar refractivity (Wildman–Crippen MR) is 122 cm³/mol. The zero-order valence-corrected chi connectivity index (χ0v) is 17.9. The molecule has 5 heteroatoms. The molecule has 1 saturated heterocycles. The molecule has 0 N–H and O–H groups in total. The van der Waals surface area contributed by atoms with Crippen molar-refractivity contribution in [1.82, 2.24) is 14.8 Å². The molecule has 0 bridgehead atoms. The Morgan fingerprint density at radius 3 is 2.76 bits per heavy atom. The average molecular weight is 450 g/mol. The van der Waals surface area contributed by atoms with Gasteiger partial charge in [-0.2, -0.15) is 0 Å². The average Bonchev–Trinajstić information content (AvgIpc) is 2.98. The summed E-state index contributed by atoms with van der Waals surface area (Å²) in [4.78, 5) is 22.7. The Labute approximate surface area is 180 Å². The Morgan fingerprint density at radius 1 is 1.07 bits per heavy atom. The minimum atomic E-state index is 0.0836. The summed E-state index contributed by atoms with van der Waals surface area (Å²) in [7, 11) is 0. The summed E-state index contributed by atoms with van der Waals surface area (Å²) in [6, 6.07) is 17.9. The minimum absolute atomic E-state index is 0.0836. The van der Waals surface area contributed by atoms with Crippen LogP contribution < -0.4 is 0 Å². The van der Waals surface area contributed by atoms with E-state index in [9.17, 15) is 4.79 Å². The summed E-state index contributed by atoms with van der Waals surface area (Å²) in [5, 5.41) is 0.906. The maximum Gasteiger partial charge on any atom is 0.254 e. The molecule has 4 nitrogen and oxygen atoms in total. The van der Waals surface area contributed by atoms with Crippen LogP contribution in [0.3, 0.4) is 0 Å². The number of hydrogen-bond donors (Lipinski definition) is 0. The van der Waals surface area contributed by atoms with Gasteiger partial charge in [0.05, 0.1) is 16.8 Å². The molecule has 0 unspecified atom stereocenters. The van der Waals surface area contributed by atoms with Crippen LogP contribution in [0.25, 0.3) is 22.2 Å². The molecule has 1 amide bonds. The maximum atomic E-state index is 13.5. The SMILES string of the molecule is C=CCN1CCCN(C(=O)c2cc(-c3cccc(Br)c3)nc3ccccc23)CC1. The number of fused-ring (bicyclic) bond motifs is 1. The van der Waals surface area contributed by atoms with Gasteiger partial charge in [0.15, 0.2) is 0 Å². The molecule has 1 fully saturated rings. The van der Waals surface area contributed by atoms with Gasteiger partial charge < -0.3 is 4.90 Å². The van der Waals surface area contributed by atoms with Gasteiger partial charge >= 0.3 is 0 Å². The summed E-state index contributed by atoms with van der Waals surface area (Å²) < 4.78 is 0.993. The van der Waals surface area contributed by atoms with E-state index < -0.39 is 0 Å². The zero-order valence-electron chi connectivity index (χ0n) is 16.4. The van der Waals surface area contributed by atoms with Crippen molar-refractivity contribution in [2.75, 3.05) is 32.7 Å². The Hall–Kier alpha value is -2.50. The van der Waals surface area contributed by atoms with Crippen molar-refractivity contribution < 1.29 is 4.79 Å². The molecule has 2 aromatic carbocycles. The smallest absolute Gasteiger partial charge is 0.254 e. The van der Waals surface area contributed by atoms with E-state index in [0.717, 1.165) is 71.3 Å². The van der Waals surface area contributed by atoms with Crippen molar-refractivity contribution >= 4 is 32.7 Å². The highest BCUT2D eigenvalue weighted by molar-refractivity contribution is 9.10. The summed E-state index contributed by atoms with van der Waals surface area (Å²) in [6.45, 7) is 8.08. The number of para-hydroxylation sites is 1. The standard InChI is InChI=1S/C24H24BrN3O/c1-2-11-27-12-6-13-28(15-14-27)24(29)21-17-23(18-7-5-8-19(25)16-18)26-22-10-4-3-9-20(21)22/h2-5,7-10,16-17H,1,6,11-15H2. The van der Waals surface area contributed by atoms with Gasteiger partial charge in [-0.25, -0.2) is 4.98 Å². The molecule has 2 heterocycles. The number of halogens is 1. The second-order valence-electron chi connectivity index (χ2n) is 7.32. The van der Waals surface area contributed by atoms with Gasteiger partial charge in [0.2, 0.25) is 0 Å². The fraction of sp³-hybridized carbons (Fsp3) is 0.250. The number of aromatic nitrogens is 1. The molecule has 0 radical (unpaired) electrons. The number of pyridine rings is 1. The monoisotopic (exact) mass is 449 g/mol. The summed E-state index contributed by atoms with van der Waals surface area (Å²) in [5.41, 5.74) is 3.38. The summed E-state index contributed by atoms with van der Waals surface area (Å²) in [6.07, 6.45) is 2.90. The molecule has 148 valence electrons. The van der Waals surface area contributed by atoms with Crippen molar-refractivity contribution in [2.24, 2.45) is 0 Å². The van der Waals surface area contributed by atoms with Crippen LogP contribution in [-0.2, 0) is 0 Å². The molecule has 1 aliphatic rings. The van der Waals surface area contributed by atoms with Gasteiger partial charge in [0.25, 0.3) is 5.91 Å². The van der Waals surface area contributed by atoms with Crippen LogP contribution in [0.2, 0.25) is 0 Å². The van der Waals surface area contributed by atoms with E-state index >= 15 is 0 Å². The second-order valence-corrected chi connectivity index (χ2v) is 8.23. The van der Waals surface area contributed by atoms with Gasteiger partial charge in [-0.15, -0.1) is 6.58 Å². The first kappa shape index (κ1) is 19.8. The molecule has 3 aromatic rings. The number of carbonyl (C=O) groups excluding carboxylic acids is 1. The number of hydrogen-bond acceptors (Lipinski definition) is 3. The lowest BCUT2D eigenvalue weighted by Crippen LogP contribution is -2.35. The third-order valence-electron chi connectivity index (χ3n) is 5.33. The predicted octanol–water partition coefficient (Wildman–Crippen LogP) is 5.00. The van der Waals surface area contributed by atoms with E-state index in [4.69, 9.17) is 4.98 Å². The first-order valence-electron chi connectivity index (χ1n) is 9.94. The topological polar surface area (TPSA) is 36.4 Å². The molecule has 0 saturated carbocycles. The van der Waals surface area contributed by atoms with Crippen molar-refractivity contribution in [2.45, 2.75) is 6.42 Å². The molecule has 0 spiro atoms. The lowest BCUT2D eigenvalue weighted by atomic mass is 10.0. The Kier molecular flexibility index (Phi) is 6.07. The number of carbonyl (C=O) groups is 1. The molecule has 1 aromatic heterocycles. The number of amides is 1. The molecule has 1 aliphatic heterocycles. The molecule has 4 rings (SSSR count). The van der Waals surface area contributed by atoms with Crippen LogP contribution in [-0.4, -0.2) is 53.4 Å². The number of nitrogens with zero attached hydrogens (tertiary/aromatic N) is 3. The minimum Gasteiger partial charge on any atom is -0.337 e. The normalized spacial score (nSPS) is 15.3. The van der Waals surface area contributed by atoms with Crippen LogP contribution in [0.5, 0.6) is 0 Å². The van der Waals surface area contributed by atoms with Crippen LogP contribution in [0.4, 0.5) is 0 Å². The van der Waals surface area contributed by atoms with E-state index in [1.165, 1.54) is 0 Å². The fourth-order valence-electron chi connectivity index (χ4n) is 3.86. The van der Waals surface area contributed by atoms with E-state index in [-0.39, 0.29) is 5.91 Å². The third kappa shape index (κ3) is 4.41. The Bertz CT molecular complexity index is 1050. The van der Waals surface area contributed by atoms with E-state index in [1.54, 1.807) is 0 Å². The van der Waals surface area contributed by atoms with Crippen molar-refractivity contribution in [3.8, 4) is 11.3 Å².